The van der Waals surface area contributed by atoms with E-state index in [1.54, 1.807) is 11.3 Å². The van der Waals surface area contributed by atoms with Gasteiger partial charge < -0.3 is 10.6 Å². The zero-order chi connectivity index (χ0) is 14.1. The molecule has 2 heterocycles. The molecule has 4 nitrogen and oxygen atoms in total. The molecule has 0 aliphatic heterocycles. The SMILES string of the molecule is CNc1nc(Nc2cccc(C)c2Br)c2ccsc2n1. The van der Waals surface area contributed by atoms with Crippen molar-refractivity contribution in [3.63, 3.8) is 0 Å². The second-order valence-corrected chi connectivity index (χ2v) is 6.03. The molecule has 102 valence electrons. The summed E-state index contributed by atoms with van der Waals surface area (Å²) >= 11 is 5.22. The maximum atomic E-state index is 4.51. The van der Waals surface area contributed by atoms with Gasteiger partial charge in [-0.1, -0.05) is 12.1 Å². The van der Waals surface area contributed by atoms with Crippen LogP contribution in [0.15, 0.2) is 34.1 Å². The van der Waals surface area contributed by atoms with E-state index in [-0.39, 0.29) is 0 Å². The highest BCUT2D eigenvalue weighted by Gasteiger charge is 2.10. The van der Waals surface area contributed by atoms with Crippen LogP contribution in [-0.4, -0.2) is 17.0 Å². The van der Waals surface area contributed by atoms with Crippen molar-refractivity contribution in [1.82, 2.24) is 9.97 Å². The number of hydrogen-bond acceptors (Lipinski definition) is 5. The quantitative estimate of drug-likeness (QED) is 0.729. The molecule has 0 saturated heterocycles. The molecule has 0 saturated carbocycles. The van der Waals surface area contributed by atoms with Crippen LogP contribution in [0.25, 0.3) is 10.2 Å². The Morgan fingerprint density at radius 1 is 1.20 bits per heavy atom. The third-order valence-electron chi connectivity index (χ3n) is 2.99. The predicted molar refractivity (Wildman–Crippen MR) is 89.1 cm³/mol. The Morgan fingerprint density at radius 3 is 2.85 bits per heavy atom. The van der Waals surface area contributed by atoms with Crippen molar-refractivity contribution in [2.24, 2.45) is 0 Å². The molecule has 6 heteroatoms. The Bertz CT molecular complexity index is 769. The number of nitrogens with zero attached hydrogens (tertiary/aromatic N) is 2. The molecule has 3 aromatic rings. The number of hydrogen-bond donors (Lipinski definition) is 2. The number of aromatic nitrogens is 2. The molecular weight excluding hydrogens is 336 g/mol. The largest absolute Gasteiger partial charge is 0.357 e. The second-order valence-electron chi connectivity index (χ2n) is 4.35. The van der Waals surface area contributed by atoms with E-state index in [9.17, 15) is 0 Å². The van der Waals surface area contributed by atoms with Gasteiger partial charge in [0, 0.05) is 11.5 Å². The Balaban J connectivity index is 2.10. The fourth-order valence-corrected chi connectivity index (χ4v) is 3.06. The number of thiophene rings is 1. The van der Waals surface area contributed by atoms with Gasteiger partial charge in [0.15, 0.2) is 0 Å². The zero-order valence-electron chi connectivity index (χ0n) is 11.1. The summed E-state index contributed by atoms with van der Waals surface area (Å²) in [6.45, 7) is 2.06. The van der Waals surface area contributed by atoms with Crippen molar-refractivity contribution in [1.29, 1.82) is 0 Å². The van der Waals surface area contributed by atoms with Crippen molar-refractivity contribution in [3.8, 4) is 0 Å². The summed E-state index contributed by atoms with van der Waals surface area (Å²) in [5, 5.41) is 9.43. The second kappa shape index (κ2) is 5.38. The van der Waals surface area contributed by atoms with Gasteiger partial charge in [-0.25, -0.2) is 4.98 Å². The molecule has 0 radical (unpaired) electrons. The first kappa shape index (κ1) is 13.3. The fraction of sp³-hybridized carbons (Fsp3) is 0.143. The summed E-state index contributed by atoms with van der Waals surface area (Å²) in [5.41, 5.74) is 2.18. The van der Waals surface area contributed by atoms with Gasteiger partial charge in [0.2, 0.25) is 5.95 Å². The summed E-state index contributed by atoms with van der Waals surface area (Å²) in [7, 11) is 1.82. The number of aryl methyl sites for hydroxylation is 1. The number of halogens is 1. The molecule has 0 fully saturated rings. The number of benzene rings is 1. The van der Waals surface area contributed by atoms with E-state index >= 15 is 0 Å². The molecule has 0 aliphatic rings. The average molecular weight is 349 g/mol. The monoisotopic (exact) mass is 348 g/mol. The van der Waals surface area contributed by atoms with Gasteiger partial charge in [0.1, 0.15) is 10.6 Å². The van der Waals surface area contributed by atoms with E-state index < -0.39 is 0 Å². The first-order valence-electron chi connectivity index (χ1n) is 6.14. The molecule has 1 aromatic carbocycles. The predicted octanol–water partition coefficient (Wildman–Crippen LogP) is 4.55. The van der Waals surface area contributed by atoms with Crippen molar-refractivity contribution in [2.75, 3.05) is 17.7 Å². The van der Waals surface area contributed by atoms with Crippen LogP contribution in [0.1, 0.15) is 5.56 Å². The lowest BCUT2D eigenvalue weighted by atomic mass is 10.2. The molecule has 0 bridgehead atoms. The lowest BCUT2D eigenvalue weighted by Crippen LogP contribution is -2.01. The summed E-state index contributed by atoms with van der Waals surface area (Å²) in [4.78, 5) is 9.92. The van der Waals surface area contributed by atoms with Gasteiger partial charge in [-0.15, -0.1) is 11.3 Å². The minimum Gasteiger partial charge on any atom is -0.357 e. The number of rotatable bonds is 3. The van der Waals surface area contributed by atoms with Gasteiger partial charge >= 0.3 is 0 Å². The van der Waals surface area contributed by atoms with E-state index in [4.69, 9.17) is 0 Å². The highest BCUT2D eigenvalue weighted by atomic mass is 79.9. The lowest BCUT2D eigenvalue weighted by molar-refractivity contribution is 1.20. The van der Waals surface area contributed by atoms with Gasteiger partial charge in [-0.3, -0.25) is 0 Å². The fourth-order valence-electron chi connectivity index (χ4n) is 1.93. The van der Waals surface area contributed by atoms with Crippen LogP contribution in [0.5, 0.6) is 0 Å². The zero-order valence-corrected chi connectivity index (χ0v) is 13.5. The van der Waals surface area contributed by atoms with Crippen LogP contribution in [0.3, 0.4) is 0 Å². The number of fused-ring (bicyclic) bond motifs is 1. The van der Waals surface area contributed by atoms with Crippen LogP contribution < -0.4 is 10.6 Å². The molecule has 0 atom stereocenters. The molecule has 0 unspecified atom stereocenters. The Hall–Kier alpha value is -1.66. The van der Waals surface area contributed by atoms with Crippen LogP contribution in [0.4, 0.5) is 17.5 Å². The van der Waals surface area contributed by atoms with E-state index in [1.165, 1.54) is 5.56 Å². The summed E-state index contributed by atoms with van der Waals surface area (Å²) in [6, 6.07) is 8.14. The molecule has 0 spiro atoms. The highest BCUT2D eigenvalue weighted by molar-refractivity contribution is 9.10. The van der Waals surface area contributed by atoms with Crippen LogP contribution >= 0.6 is 27.3 Å². The van der Waals surface area contributed by atoms with E-state index in [1.807, 2.05) is 30.6 Å². The number of nitrogens with one attached hydrogen (secondary N) is 2. The Labute approximate surface area is 129 Å². The van der Waals surface area contributed by atoms with E-state index in [0.717, 1.165) is 26.2 Å². The van der Waals surface area contributed by atoms with E-state index in [2.05, 4.69) is 49.5 Å². The molecule has 0 amide bonds. The highest BCUT2D eigenvalue weighted by Crippen LogP contribution is 2.32. The smallest absolute Gasteiger partial charge is 0.225 e. The van der Waals surface area contributed by atoms with E-state index in [0.29, 0.717) is 5.95 Å². The van der Waals surface area contributed by atoms with Crippen LogP contribution in [0.2, 0.25) is 0 Å². The third-order valence-corrected chi connectivity index (χ3v) is 4.85. The summed E-state index contributed by atoms with van der Waals surface area (Å²) in [6.07, 6.45) is 0. The lowest BCUT2D eigenvalue weighted by Gasteiger charge is -2.11. The third kappa shape index (κ3) is 2.36. The molecule has 2 aromatic heterocycles. The van der Waals surface area contributed by atoms with Crippen LogP contribution in [-0.2, 0) is 0 Å². The number of anilines is 3. The van der Waals surface area contributed by atoms with Crippen molar-refractivity contribution in [3.05, 3.63) is 39.7 Å². The molecular formula is C14H13BrN4S. The Morgan fingerprint density at radius 2 is 2.05 bits per heavy atom. The maximum Gasteiger partial charge on any atom is 0.225 e. The van der Waals surface area contributed by atoms with Gasteiger partial charge in [-0.2, -0.15) is 4.98 Å². The minimum absolute atomic E-state index is 0.617. The maximum absolute atomic E-state index is 4.51. The average Bonchev–Trinajstić information content (AvgIpc) is 2.92. The van der Waals surface area contributed by atoms with Crippen molar-refractivity contribution < 1.29 is 0 Å². The Kier molecular flexibility index (Phi) is 3.58. The molecule has 20 heavy (non-hydrogen) atoms. The first-order valence-corrected chi connectivity index (χ1v) is 7.81. The van der Waals surface area contributed by atoms with Crippen LogP contribution in [0, 0.1) is 6.92 Å². The van der Waals surface area contributed by atoms with Gasteiger partial charge in [0.05, 0.1) is 11.1 Å². The normalized spacial score (nSPS) is 10.8. The van der Waals surface area contributed by atoms with Gasteiger partial charge in [-0.05, 0) is 45.9 Å². The topological polar surface area (TPSA) is 49.8 Å². The minimum atomic E-state index is 0.617. The van der Waals surface area contributed by atoms with Crippen molar-refractivity contribution >= 4 is 54.9 Å². The van der Waals surface area contributed by atoms with Gasteiger partial charge in [0.25, 0.3) is 0 Å². The summed E-state index contributed by atoms with van der Waals surface area (Å²) < 4.78 is 1.05. The van der Waals surface area contributed by atoms with Crippen molar-refractivity contribution in [2.45, 2.75) is 6.92 Å². The standard InChI is InChI=1S/C14H13BrN4S/c1-8-4-3-5-10(11(8)15)17-12-9-6-7-20-13(9)19-14(16-2)18-12/h3-7H,1-2H3,(H2,16,17,18,19). The molecule has 0 aliphatic carbocycles. The first-order chi connectivity index (χ1) is 9.69. The summed E-state index contributed by atoms with van der Waals surface area (Å²) in [5.74, 6) is 1.43. The molecule has 2 N–H and O–H groups in total. The molecule has 3 rings (SSSR count).